The van der Waals surface area contributed by atoms with E-state index in [1.165, 1.54) is 5.56 Å². The molecule has 0 aliphatic carbocycles. The molecule has 5 nitrogen and oxygen atoms in total. The van der Waals surface area contributed by atoms with Crippen LogP contribution in [0.15, 0.2) is 66.0 Å². The Balaban J connectivity index is 1.48. The van der Waals surface area contributed by atoms with E-state index < -0.39 is 6.10 Å². The van der Waals surface area contributed by atoms with Gasteiger partial charge in [-0.05, 0) is 48.1 Å². The number of nitrogens with one attached hydrogen (secondary N) is 1. The van der Waals surface area contributed by atoms with Crippen molar-refractivity contribution in [1.82, 2.24) is 5.32 Å². The zero-order chi connectivity index (χ0) is 21.8. The van der Waals surface area contributed by atoms with Gasteiger partial charge in [0.1, 0.15) is 5.75 Å². The fourth-order valence-corrected chi connectivity index (χ4v) is 4.56. The molecule has 0 saturated carbocycles. The molecule has 1 N–H and O–H groups in total. The van der Waals surface area contributed by atoms with Crippen molar-refractivity contribution < 1.29 is 14.3 Å². The third kappa shape index (κ3) is 4.64. The summed E-state index contributed by atoms with van der Waals surface area (Å²) < 4.78 is 5.68. The summed E-state index contributed by atoms with van der Waals surface area (Å²) >= 11 is 1.62. The molecule has 2 aromatic carbocycles. The van der Waals surface area contributed by atoms with Crippen LogP contribution in [0.3, 0.4) is 0 Å². The van der Waals surface area contributed by atoms with Gasteiger partial charge in [-0.2, -0.15) is 0 Å². The summed E-state index contributed by atoms with van der Waals surface area (Å²) in [6.45, 7) is 4.17. The SMILES string of the molecule is CCc1ccc([C@@H](NC(=O)CCN2C(=O)[C@@H](C)Oc3ccccc32)c2cccs2)cc1. The number of nitrogens with zero attached hydrogens (tertiary/aromatic N) is 1. The van der Waals surface area contributed by atoms with Crippen molar-refractivity contribution in [2.24, 2.45) is 0 Å². The van der Waals surface area contributed by atoms with Gasteiger partial charge in [-0.3, -0.25) is 9.59 Å². The highest BCUT2D eigenvalue weighted by molar-refractivity contribution is 7.10. The highest BCUT2D eigenvalue weighted by Crippen LogP contribution is 2.33. The van der Waals surface area contributed by atoms with E-state index >= 15 is 0 Å². The minimum Gasteiger partial charge on any atom is -0.479 e. The molecule has 4 rings (SSSR count). The molecule has 31 heavy (non-hydrogen) atoms. The van der Waals surface area contributed by atoms with E-state index in [-0.39, 0.29) is 24.3 Å². The minimum atomic E-state index is -0.561. The number of ether oxygens (including phenoxy) is 1. The predicted octanol–water partition coefficient (Wildman–Crippen LogP) is 4.72. The van der Waals surface area contributed by atoms with E-state index in [1.807, 2.05) is 41.8 Å². The van der Waals surface area contributed by atoms with Crippen LogP contribution in [0.5, 0.6) is 5.75 Å². The monoisotopic (exact) mass is 434 g/mol. The third-order valence-electron chi connectivity index (χ3n) is 5.49. The third-order valence-corrected chi connectivity index (χ3v) is 6.43. The summed E-state index contributed by atoms with van der Waals surface area (Å²) in [5.41, 5.74) is 3.02. The van der Waals surface area contributed by atoms with E-state index in [9.17, 15) is 9.59 Å². The summed E-state index contributed by atoms with van der Waals surface area (Å²) in [6, 6.07) is 19.6. The van der Waals surface area contributed by atoms with Gasteiger partial charge in [0.15, 0.2) is 6.10 Å². The number of fused-ring (bicyclic) bond motifs is 1. The molecular weight excluding hydrogens is 408 g/mol. The van der Waals surface area contributed by atoms with E-state index in [0.717, 1.165) is 16.9 Å². The van der Waals surface area contributed by atoms with Crippen molar-refractivity contribution in [3.63, 3.8) is 0 Å². The number of rotatable bonds is 7. The summed E-state index contributed by atoms with van der Waals surface area (Å²) in [4.78, 5) is 28.3. The summed E-state index contributed by atoms with van der Waals surface area (Å²) in [5.74, 6) is 0.446. The van der Waals surface area contributed by atoms with Crippen LogP contribution in [0, 0.1) is 0 Å². The molecule has 0 bridgehead atoms. The molecule has 0 saturated heterocycles. The van der Waals surface area contributed by atoms with Crippen LogP contribution in [0.4, 0.5) is 5.69 Å². The van der Waals surface area contributed by atoms with Crippen molar-refractivity contribution in [2.75, 3.05) is 11.4 Å². The van der Waals surface area contributed by atoms with Crippen LogP contribution in [-0.2, 0) is 16.0 Å². The number of benzene rings is 2. The smallest absolute Gasteiger partial charge is 0.267 e. The van der Waals surface area contributed by atoms with E-state index in [4.69, 9.17) is 4.74 Å². The largest absolute Gasteiger partial charge is 0.479 e. The van der Waals surface area contributed by atoms with Gasteiger partial charge >= 0.3 is 0 Å². The Labute approximate surface area is 186 Å². The van der Waals surface area contributed by atoms with Crippen molar-refractivity contribution in [3.05, 3.63) is 82.0 Å². The molecule has 160 valence electrons. The summed E-state index contributed by atoms with van der Waals surface area (Å²) in [7, 11) is 0. The molecule has 2 amide bonds. The van der Waals surface area contributed by atoms with Crippen LogP contribution in [-0.4, -0.2) is 24.5 Å². The zero-order valence-electron chi connectivity index (χ0n) is 17.7. The lowest BCUT2D eigenvalue weighted by molar-refractivity contribution is -0.125. The quantitative estimate of drug-likeness (QED) is 0.585. The lowest BCUT2D eigenvalue weighted by Crippen LogP contribution is -2.46. The Morgan fingerprint density at radius 3 is 2.61 bits per heavy atom. The van der Waals surface area contributed by atoms with Crippen molar-refractivity contribution in [1.29, 1.82) is 0 Å². The normalized spacial score (nSPS) is 16.4. The number of hydrogen-bond donors (Lipinski definition) is 1. The maximum atomic E-state index is 12.9. The molecule has 6 heteroatoms. The van der Waals surface area contributed by atoms with Crippen LogP contribution >= 0.6 is 11.3 Å². The second-order valence-electron chi connectivity index (χ2n) is 7.58. The van der Waals surface area contributed by atoms with Gasteiger partial charge in [0, 0.05) is 17.8 Å². The summed E-state index contributed by atoms with van der Waals surface area (Å²) in [5, 5.41) is 5.18. The first-order valence-corrected chi connectivity index (χ1v) is 11.4. The van der Waals surface area contributed by atoms with Crippen molar-refractivity contribution in [3.8, 4) is 5.75 Å². The minimum absolute atomic E-state index is 0.0950. The molecule has 0 unspecified atom stereocenters. The Morgan fingerprint density at radius 1 is 1.13 bits per heavy atom. The molecule has 1 aliphatic heterocycles. The first-order valence-electron chi connectivity index (χ1n) is 10.6. The fraction of sp³-hybridized carbons (Fsp3) is 0.280. The number of anilines is 1. The molecule has 1 aliphatic rings. The topological polar surface area (TPSA) is 58.6 Å². The number of hydrogen-bond acceptors (Lipinski definition) is 4. The van der Waals surface area contributed by atoms with Crippen molar-refractivity contribution >= 4 is 28.8 Å². The Hall–Kier alpha value is -3.12. The van der Waals surface area contributed by atoms with Gasteiger partial charge in [0.05, 0.1) is 11.7 Å². The molecule has 0 spiro atoms. The van der Waals surface area contributed by atoms with Crippen LogP contribution < -0.4 is 15.0 Å². The van der Waals surface area contributed by atoms with Gasteiger partial charge in [-0.15, -0.1) is 11.3 Å². The maximum Gasteiger partial charge on any atom is 0.267 e. The van der Waals surface area contributed by atoms with Gasteiger partial charge in [-0.25, -0.2) is 0 Å². The molecule has 3 aromatic rings. The first kappa shape index (κ1) is 21.1. The molecule has 0 fully saturated rings. The Bertz CT molecular complexity index is 1050. The molecule has 2 heterocycles. The zero-order valence-corrected chi connectivity index (χ0v) is 18.5. The Morgan fingerprint density at radius 2 is 1.90 bits per heavy atom. The fourth-order valence-electron chi connectivity index (χ4n) is 3.76. The Kier molecular flexibility index (Phi) is 6.37. The van der Waals surface area contributed by atoms with Gasteiger partial charge < -0.3 is 15.0 Å². The predicted molar refractivity (Wildman–Crippen MR) is 124 cm³/mol. The molecule has 0 radical (unpaired) electrons. The van der Waals surface area contributed by atoms with Crippen molar-refractivity contribution in [2.45, 2.75) is 38.8 Å². The first-order chi connectivity index (χ1) is 15.1. The van der Waals surface area contributed by atoms with Crippen LogP contribution in [0.1, 0.15) is 42.3 Å². The van der Waals surface area contributed by atoms with Gasteiger partial charge in [0.25, 0.3) is 5.91 Å². The highest BCUT2D eigenvalue weighted by Gasteiger charge is 2.31. The number of aryl methyl sites for hydroxylation is 1. The lowest BCUT2D eigenvalue weighted by atomic mass is 10.0. The standard InChI is InChI=1S/C25H26N2O3S/c1-3-18-10-12-19(13-11-18)24(22-9-6-16-31-22)26-23(28)14-15-27-20-7-4-5-8-21(20)30-17(2)25(27)29/h4-13,16-17,24H,3,14-15H2,1-2H3,(H,26,28)/t17-,24-/m1/s1. The van der Waals surface area contributed by atoms with E-state index in [0.29, 0.717) is 18.0 Å². The molecule has 1 aromatic heterocycles. The van der Waals surface area contributed by atoms with Gasteiger partial charge in [0.2, 0.25) is 5.91 Å². The van der Waals surface area contributed by atoms with Crippen LogP contribution in [0.25, 0.3) is 0 Å². The van der Waals surface area contributed by atoms with E-state index in [1.54, 1.807) is 23.2 Å². The number of carbonyl (C=O) groups is 2. The average molecular weight is 435 g/mol. The highest BCUT2D eigenvalue weighted by atomic mass is 32.1. The number of para-hydroxylation sites is 2. The number of amides is 2. The summed E-state index contributed by atoms with van der Waals surface area (Å²) in [6.07, 6.45) is 0.625. The number of carbonyl (C=O) groups excluding carboxylic acids is 2. The molecule has 2 atom stereocenters. The van der Waals surface area contributed by atoms with E-state index in [2.05, 4.69) is 36.5 Å². The van der Waals surface area contributed by atoms with Gasteiger partial charge in [-0.1, -0.05) is 49.4 Å². The molecular formula is C25H26N2O3S. The maximum absolute atomic E-state index is 12.9. The lowest BCUT2D eigenvalue weighted by Gasteiger charge is -2.33. The number of thiophene rings is 1. The second kappa shape index (κ2) is 9.35. The van der Waals surface area contributed by atoms with Crippen LogP contribution in [0.2, 0.25) is 0 Å². The second-order valence-corrected chi connectivity index (χ2v) is 8.56. The average Bonchev–Trinajstić information content (AvgIpc) is 3.32.